The minimum absolute atomic E-state index is 0.0867. The number of H-pyrrole nitrogens is 1. The molecule has 98 valence electrons. The SMILES string of the molecule is Nc1[nH]nc2c1c(C(F)F)nn2-c1ccccc1Br. The molecule has 0 aliphatic heterocycles. The van der Waals surface area contributed by atoms with Crippen LogP contribution >= 0.6 is 15.9 Å². The molecular formula is C11H8BrF2N5. The molecule has 0 aliphatic rings. The number of aromatic nitrogens is 4. The van der Waals surface area contributed by atoms with Crippen LogP contribution in [0.25, 0.3) is 16.7 Å². The summed E-state index contributed by atoms with van der Waals surface area (Å²) >= 11 is 3.35. The van der Waals surface area contributed by atoms with Crippen LogP contribution in [0.5, 0.6) is 0 Å². The van der Waals surface area contributed by atoms with E-state index >= 15 is 0 Å². The number of fused-ring (bicyclic) bond motifs is 1. The van der Waals surface area contributed by atoms with E-state index in [2.05, 4.69) is 31.2 Å². The summed E-state index contributed by atoms with van der Waals surface area (Å²) in [6, 6.07) is 7.14. The number of para-hydroxylation sites is 1. The molecule has 0 spiro atoms. The lowest BCUT2D eigenvalue weighted by Gasteiger charge is -2.03. The summed E-state index contributed by atoms with van der Waals surface area (Å²) in [6.07, 6.45) is -2.72. The van der Waals surface area contributed by atoms with Gasteiger partial charge in [-0.25, -0.2) is 13.5 Å². The third kappa shape index (κ3) is 1.79. The summed E-state index contributed by atoms with van der Waals surface area (Å²) in [5.74, 6) is 0.0867. The van der Waals surface area contributed by atoms with E-state index < -0.39 is 6.43 Å². The number of halogens is 3. The maximum atomic E-state index is 13.0. The molecule has 2 heterocycles. The molecule has 5 nitrogen and oxygen atoms in total. The smallest absolute Gasteiger partial charge is 0.282 e. The molecule has 0 bridgehead atoms. The second-order valence-corrected chi connectivity index (χ2v) is 4.74. The molecule has 8 heteroatoms. The number of benzene rings is 1. The van der Waals surface area contributed by atoms with E-state index in [4.69, 9.17) is 5.73 Å². The average molecular weight is 328 g/mol. The van der Waals surface area contributed by atoms with E-state index in [9.17, 15) is 8.78 Å². The fourth-order valence-electron chi connectivity index (χ4n) is 1.90. The number of hydrogen-bond donors (Lipinski definition) is 2. The lowest BCUT2D eigenvalue weighted by atomic mass is 10.3. The third-order valence-electron chi connectivity index (χ3n) is 2.73. The fraction of sp³-hybridized carbons (Fsp3) is 0.0909. The zero-order valence-corrected chi connectivity index (χ0v) is 11.0. The number of alkyl halides is 2. The van der Waals surface area contributed by atoms with E-state index in [1.807, 2.05) is 6.07 Å². The van der Waals surface area contributed by atoms with Crippen LogP contribution in [0.1, 0.15) is 12.1 Å². The minimum atomic E-state index is -2.72. The molecule has 0 aliphatic carbocycles. The van der Waals surface area contributed by atoms with Crippen LogP contribution in [-0.4, -0.2) is 20.0 Å². The van der Waals surface area contributed by atoms with Gasteiger partial charge in [-0.2, -0.15) is 10.2 Å². The van der Waals surface area contributed by atoms with Crippen molar-refractivity contribution >= 4 is 32.8 Å². The van der Waals surface area contributed by atoms with Crippen LogP contribution in [0.4, 0.5) is 14.6 Å². The molecule has 0 radical (unpaired) electrons. The summed E-state index contributed by atoms with van der Waals surface area (Å²) < 4.78 is 28.1. The first-order chi connectivity index (χ1) is 9.09. The van der Waals surface area contributed by atoms with Crippen molar-refractivity contribution in [3.8, 4) is 5.69 Å². The Morgan fingerprint density at radius 3 is 2.74 bits per heavy atom. The standard InChI is InChI=1S/C11H8BrF2N5/c12-5-3-1-2-4-6(5)19-11-7(10(15)16-17-11)8(18-19)9(13)14/h1-4,9H,(H3,15,16,17). The molecule has 3 aromatic rings. The van der Waals surface area contributed by atoms with Crippen LogP contribution in [0.15, 0.2) is 28.7 Å². The van der Waals surface area contributed by atoms with Crippen molar-refractivity contribution in [3.05, 3.63) is 34.4 Å². The Labute approximate surface area is 114 Å². The highest BCUT2D eigenvalue weighted by molar-refractivity contribution is 9.10. The van der Waals surface area contributed by atoms with E-state index in [1.165, 1.54) is 4.68 Å². The summed E-state index contributed by atoms with van der Waals surface area (Å²) in [7, 11) is 0. The molecule has 0 atom stereocenters. The minimum Gasteiger partial charge on any atom is -0.383 e. The van der Waals surface area contributed by atoms with Crippen molar-refractivity contribution in [1.82, 2.24) is 20.0 Å². The predicted molar refractivity (Wildman–Crippen MR) is 70.3 cm³/mol. The molecule has 2 aromatic heterocycles. The monoisotopic (exact) mass is 327 g/mol. The van der Waals surface area contributed by atoms with Crippen molar-refractivity contribution < 1.29 is 8.78 Å². The van der Waals surface area contributed by atoms with Gasteiger partial charge >= 0.3 is 0 Å². The molecule has 0 unspecified atom stereocenters. The lowest BCUT2D eigenvalue weighted by molar-refractivity contribution is 0.147. The van der Waals surface area contributed by atoms with Gasteiger partial charge in [-0.1, -0.05) is 12.1 Å². The van der Waals surface area contributed by atoms with Crippen LogP contribution in [0.3, 0.4) is 0 Å². The van der Waals surface area contributed by atoms with Crippen molar-refractivity contribution in [3.63, 3.8) is 0 Å². The van der Waals surface area contributed by atoms with Gasteiger partial charge in [0.2, 0.25) is 0 Å². The van der Waals surface area contributed by atoms with Gasteiger partial charge in [0, 0.05) is 4.47 Å². The van der Waals surface area contributed by atoms with E-state index in [0.717, 1.165) is 4.47 Å². The Morgan fingerprint density at radius 2 is 2.05 bits per heavy atom. The Morgan fingerprint density at radius 1 is 1.32 bits per heavy atom. The second kappa shape index (κ2) is 4.30. The largest absolute Gasteiger partial charge is 0.383 e. The zero-order chi connectivity index (χ0) is 13.6. The van der Waals surface area contributed by atoms with Gasteiger partial charge in [-0.3, -0.25) is 5.10 Å². The maximum Gasteiger partial charge on any atom is 0.282 e. The topological polar surface area (TPSA) is 72.5 Å². The van der Waals surface area contributed by atoms with Gasteiger partial charge in [-0.05, 0) is 28.1 Å². The molecular weight excluding hydrogens is 320 g/mol. The van der Waals surface area contributed by atoms with Crippen LogP contribution in [0.2, 0.25) is 0 Å². The first-order valence-electron chi connectivity index (χ1n) is 5.35. The van der Waals surface area contributed by atoms with E-state index in [1.54, 1.807) is 18.2 Å². The molecule has 3 N–H and O–H groups in total. The fourth-order valence-corrected chi connectivity index (χ4v) is 2.35. The first-order valence-corrected chi connectivity index (χ1v) is 6.14. The normalized spacial score (nSPS) is 11.6. The number of rotatable bonds is 2. The van der Waals surface area contributed by atoms with Crippen LogP contribution in [0, 0.1) is 0 Å². The Hall–Kier alpha value is -1.96. The van der Waals surface area contributed by atoms with Gasteiger partial charge in [0.15, 0.2) is 5.65 Å². The molecule has 1 aromatic carbocycles. The van der Waals surface area contributed by atoms with Gasteiger partial charge < -0.3 is 5.73 Å². The number of nitrogen functional groups attached to an aromatic ring is 1. The molecule has 0 amide bonds. The van der Waals surface area contributed by atoms with E-state index in [-0.39, 0.29) is 22.5 Å². The van der Waals surface area contributed by atoms with Crippen molar-refractivity contribution in [1.29, 1.82) is 0 Å². The summed E-state index contributed by atoms with van der Waals surface area (Å²) in [4.78, 5) is 0. The number of nitrogens with two attached hydrogens (primary N) is 1. The second-order valence-electron chi connectivity index (χ2n) is 3.89. The number of nitrogens with zero attached hydrogens (tertiary/aromatic N) is 3. The number of hydrogen-bond acceptors (Lipinski definition) is 3. The third-order valence-corrected chi connectivity index (χ3v) is 3.40. The van der Waals surface area contributed by atoms with Gasteiger partial charge in [-0.15, -0.1) is 0 Å². The van der Waals surface area contributed by atoms with Gasteiger partial charge in [0.1, 0.15) is 11.5 Å². The summed E-state index contributed by atoms with van der Waals surface area (Å²) in [6.45, 7) is 0. The lowest BCUT2D eigenvalue weighted by Crippen LogP contribution is -2.00. The maximum absolute atomic E-state index is 13.0. The highest BCUT2D eigenvalue weighted by Gasteiger charge is 2.24. The zero-order valence-electron chi connectivity index (χ0n) is 9.44. The Balaban J connectivity index is 2.34. The predicted octanol–water partition coefficient (Wildman–Crippen LogP) is 3.03. The molecule has 0 saturated heterocycles. The number of nitrogens with one attached hydrogen (secondary N) is 1. The van der Waals surface area contributed by atoms with Crippen molar-refractivity contribution in [2.24, 2.45) is 0 Å². The Bertz CT molecular complexity index is 749. The van der Waals surface area contributed by atoms with E-state index in [0.29, 0.717) is 5.69 Å². The van der Waals surface area contributed by atoms with Crippen molar-refractivity contribution in [2.75, 3.05) is 5.73 Å². The quantitative estimate of drug-likeness (QED) is 0.759. The summed E-state index contributed by atoms with van der Waals surface area (Å²) in [5, 5.41) is 10.5. The van der Waals surface area contributed by atoms with Crippen molar-refractivity contribution in [2.45, 2.75) is 6.43 Å². The molecule has 0 fully saturated rings. The average Bonchev–Trinajstić information content (AvgIpc) is 2.92. The van der Waals surface area contributed by atoms with Crippen LogP contribution < -0.4 is 5.73 Å². The first kappa shape index (κ1) is 12.1. The summed E-state index contributed by atoms with van der Waals surface area (Å²) in [5.41, 5.74) is 6.14. The highest BCUT2D eigenvalue weighted by Crippen LogP contribution is 2.32. The number of aromatic amines is 1. The van der Waals surface area contributed by atoms with Gasteiger partial charge in [0.05, 0.1) is 11.1 Å². The molecule has 3 rings (SSSR count). The molecule has 19 heavy (non-hydrogen) atoms. The van der Waals surface area contributed by atoms with Gasteiger partial charge in [0.25, 0.3) is 6.43 Å². The highest BCUT2D eigenvalue weighted by atomic mass is 79.9. The Kier molecular flexibility index (Phi) is 2.74. The molecule has 0 saturated carbocycles. The number of anilines is 1. The van der Waals surface area contributed by atoms with Crippen LogP contribution in [-0.2, 0) is 0 Å².